The number of methoxy groups -OCH3 is 1. The van der Waals surface area contributed by atoms with E-state index < -0.39 is 12.1 Å². The highest BCUT2D eigenvalue weighted by atomic mass is 19.2. The Morgan fingerprint density at radius 1 is 1.21 bits per heavy atom. The highest BCUT2D eigenvalue weighted by molar-refractivity contribution is 4.84. The van der Waals surface area contributed by atoms with Crippen molar-refractivity contribution in [1.29, 1.82) is 0 Å². The minimum absolute atomic E-state index is 0.425. The number of halogens is 1. The van der Waals surface area contributed by atoms with Crippen LogP contribution in [-0.2, 0) is 9.47 Å². The average Bonchev–Trinajstić information content (AvgIpc) is 2.39. The van der Waals surface area contributed by atoms with Gasteiger partial charge in [-0.3, -0.25) is 9.80 Å². The second-order valence-corrected chi connectivity index (χ2v) is 4.28. The first-order valence-electron chi connectivity index (χ1n) is 6.67. The van der Waals surface area contributed by atoms with Gasteiger partial charge in [-0.2, -0.15) is 0 Å². The Balaban J connectivity index is 5.65. The summed E-state index contributed by atoms with van der Waals surface area (Å²) in [7, 11) is 6.67. The lowest BCUT2D eigenvalue weighted by Gasteiger charge is -2.50. The molecule has 7 heteroatoms. The molecule has 19 heavy (non-hydrogen) atoms. The summed E-state index contributed by atoms with van der Waals surface area (Å²) in [5.41, 5.74) is 2.45. The molecule has 1 N–H and O–H groups in total. The van der Waals surface area contributed by atoms with Gasteiger partial charge in [0.2, 0.25) is 12.1 Å². The number of hydrogen-bond donors (Lipinski definition) is 1. The molecule has 2 unspecified atom stereocenters. The first-order valence-corrected chi connectivity index (χ1v) is 6.67. The van der Waals surface area contributed by atoms with Crippen molar-refractivity contribution in [2.24, 2.45) is 0 Å². The van der Waals surface area contributed by atoms with Crippen molar-refractivity contribution < 1.29 is 14.0 Å². The fourth-order valence-corrected chi connectivity index (χ4v) is 2.35. The molecule has 0 aliphatic heterocycles. The van der Waals surface area contributed by atoms with E-state index in [4.69, 9.17) is 9.47 Å². The molecule has 0 saturated carbocycles. The van der Waals surface area contributed by atoms with Gasteiger partial charge >= 0.3 is 0 Å². The van der Waals surface area contributed by atoms with Gasteiger partial charge in [0.1, 0.15) is 0 Å². The second kappa shape index (κ2) is 8.78. The number of likely N-dealkylation sites (N-methyl/N-ethyl adjacent to an activating group) is 2. The molecule has 0 rings (SSSR count). The van der Waals surface area contributed by atoms with E-state index in [1.54, 1.807) is 0 Å². The molecule has 0 amide bonds. The molecule has 0 aliphatic rings. The van der Waals surface area contributed by atoms with Crippen molar-refractivity contribution in [3.8, 4) is 0 Å². The van der Waals surface area contributed by atoms with E-state index in [9.17, 15) is 4.48 Å². The molecule has 0 saturated heterocycles. The molecule has 0 bridgehead atoms. The maximum atomic E-state index is 14.1. The van der Waals surface area contributed by atoms with E-state index >= 15 is 0 Å². The predicted molar refractivity (Wildman–Crippen MR) is 73.8 cm³/mol. The van der Waals surface area contributed by atoms with Crippen LogP contribution in [0.5, 0.6) is 0 Å². The van der Waals surface area contributed by atoms with Crippen LogP contribution in [0.4, 0.5) is 4.48 Å². The Labute approximate surface area is 116 Å². The van der Waals surface area contributed by atoms with Gasteiger partial charge in [0.05, 0.1) is 0 Å². The number of nitrogens with one attached hydrogen (secondary N) is 1. The van der Waals surface area contributed by atoms with Gasteiger partial charge in [0, 0.05) is 20.8 Å². The second-order valence-electron chi connectivity index (χ2n) is 4.28. The first-order chi connectivity index (χ1) is 8.95. The third-order valence-corrected chi connectivity index (χ3v) is 3.18. The molecule has 0 aromatic heterocycles. The van der Waals surface area contributed by atoms with Crippen LogP contribution in [0.2, 0.25) is 0 Å². The summed E-state index contributed by atoms with van der Waals surface area (Å²) in [4.78, 5) is 3.86. The van der Waals surface area contributed by atoms with E-state index in [1.807, 2.05) is 44.7 Å². The molecule has 0 heterocycles. The minimum atomic E-state index is -1.01. The summed E-state index contributed by atoms with van der Waals surface area (Å²) in [5.74, 6) is -1.01. The van der Waals surface area contributed by atoms with Crippen molar-refractivity contribution in [1.82, 2.24) is 20.5 Å². The Bertz CT molecular complexity index is 242. The SMILES string of the molecule is CCOC(C(OC)N(F)NC)(N(C)C)N(CC)CC. The van der Waals surface area contributed by atoms with Gasteiger partial charge in [-0.15, -0.1) is 4.48 Å². The van der Waals surface area contributed by atoms with E-state index in [-0.39, 0.29) is 0 Å². The number of hydrogen-bond acceptors (Lipinski definition) is 6. The Morgan fingerprint density at radius 3 is 2.00 bits per heavy atom. The molecule has 0 radical (unpaired) electrons. The smallest absolute Gasteiger partial charge is 0.224 e. The molecule has 0 aromatic rings. The lowest BCUT2D eigenvalue weighted by Crippen LogP contribution is -2.71. The summed E-state index contributed by atoms with van der Waals surface area (Å²) < 4.78 is 25.3. The third-order valence-electron chi connectivity index (χ3n) is 3.18. The van der Waals surface area contributed by atoms with Crippen molar-refractivity contribution in [3.63, 3.8) is 0 Å². The zero-order chi connectivity index (χ0) is 15.1. The summed E-state index contributed by atoms with van der Waals surface area (Å²) in [6.45, 7) is 7.78. The monoisotopic (exact) mass is 280 g/mol. The molecule has 2 atom stereocenters. The zero-order valence-corrected chi connectivity index (χ0v) is 13.2. The van der Waals surface area contributed by atoms with E-state index in [2.05, 4.69) is 5.43 Å². The highest BCUT2D eigenvalue weighted by Gasteiger charge is 2.50. The normalized spacial score (nSPS) is 17.2. The molecular formula is C12H29FN4O2. The van der Waals surface area contributed by atoms with Crippen molar-refractivity contribution >= 4 is 0 Å². The van der Waals surface area contributed by atoms with Crippen LogP contribution in [0.3, 0.4) is 0 Å². The van der Waals surface area contributed by atoms with Crippen LogP contribution in [0.25, 0.3) is 0 Å². The molecule has 116 valence electrons. The highest BCUT2D eigenvalue weighted by Crippen LogP contribution is 2.28. The predicted octanol–water partition coefficient (Wildman–Crippen LogP) is 0.874. The zero-order valence-electron chi connectivity index (χ0n) is 13.2. The van der Waals surface area contributed by atoms with Crippen molar-refractivity contribution in [2.75, 3.05) is 47.9 Å². The molecule has 0 aliphatic carbocycles. The number of ether oxygens (including phenoxy) is 2. The van der Waals surface area contributed by atoms with Crippen molar-refractivity contribution in [2.45, 2.75) is 32.8 Å². The molecule has 0 fully saturated rings. The first kappa shape index (κ1) is 18.7. The summed E-state index contributed by atoms with van der Waals surface area (Å²) >= 11 is 0. The average molecular weight is 280 g/mol. The third kappa shape index (κ3) is 3.84. The van der Waals surface area contributed by atoms with E-state index in [0.29, 0.717) is 24.9 Å². The van der Waals surface area contributed by atoms with Gasteiger partial charge < -0.3 is 9.47 Å². The topological polar surface area (TPSA) is 40.2 Å². The summed E-state index contributed by atoms with van der Waals surface area (Å²) in [5, 5.41) is 0.425. The van der Waals surface area contributed by atoms with Crippen molar-refractivity contribution in [3.05, 3.63) is 0 Å². The Hall–Kier alpha value is -0.310. The molecule has 6 nitrogen and oxygen atoms in total. The number of rotatable bonds is 10. The van der Waals surface area contributed by atoms with Crippen LogP contribution < -0.4 is 5.43 Å². The van der Waals surface area contributed by atoms with Gasteiger partial charge in [0.25, 0.3) is 0 Å². The maximum absolute atomic E-state index is 14.1. The standard InChI is InChI=1S/C12H29FN4O2/c1-8-16(9-2)12(15(5)6,19-10-3)11(18-7)17(13)14-4/h11,14H,8-10H2,1-7H3. The molecular weight excluding hydrogens is 251 g/mol. The van der Waals surface area contributed by atoms with Gasteiger partial charge in [-0.05, 0) is 39.3 Å². The van der Waals surface area contributed by atoms with Gasteiger partial charge in [0.15, 0.2) is 0 Å². The van der Waals surface area contributed by atoms with Crippen LogP contribution in [0.1, 0.15) is 20.8 Å². The quantitative estimate of drug-likeness (QED) is 0.364. The lowest BCUT2D eigenvalue weighted by atomic mass is 10.2. The van der Waals surface area contributed by atoms with E-state index in [0.717, 1.165) is 0 Å². The number of nitrogens with zero attached hydrogens (tertiary/aromatic N) is 3. The van der Waals surface area contributed by atoms with Gasteiger partial charge in [-0.1, -0.05) is 13.8 Å². The van der Waals surface area contributed by atoms with Crippen LogP contribution >= 0.6 is 0 Å². The Kier molecular flexibility index (Phi) is 8.64. The minimum Gasteiger partial charge on any atom is -0.357 e. The fourth-order valence-electron chi connectivity index (χ4n) is 2.35. The fraction of sp³-hybridized carbons (Fsp3) is 1.00. The molecule has 0 aromatic carbocycles. The summed E-state index contributed by atoms with van der Waals surface area (Å²) in [6, 6.07) is 0. The van der Waals surface area contributed by atoms with Gasteiger partial charge in [-0.25, -0.2) is 5.43 Å². The lowest BCUT2D eigenvalue weighted by molar-refractivity contribution is -0.348. The van der Waals surface area contributed by atoms with Crippen LogP contribution in [0, 0.1) is 0 Å². The van der Waals surface area contributed by atoms with Crippen LogP contribution in [0.15, 0.2) is 0 Å². The Morgan fingerprint density at radius 2 is 1.74 bits per heavy atom. The van der Waals surface area contributed by atoms with E-state index in [1.165, 1.54) is 14.2 Å². The number of hydrazine groups is 1. The largest absolute Gasteiger partial charge is 0.357 e. The summed E-state index contributed by atoms with van der Waals surface area (Å²) in [6.07, 6.45) is -0.924. The maximum Gasteiger partial charge on any atom is 0.224 e. The molecule has 0 spiro atoms. The van der Waals surface area contributed by atoms with Crippen LogP contribution in [-0.4, -0.2) is 75.1 Å².